The number of hydrogen-bond donors (Lipinski definition) is 4. The normalized spacial score (nSPS) is 18.3. The molecule has 2 aliphatic rings. The van der Waals surface area contributed by atoms with Gasteiger partial charge in [-0.25, -0.2) is 9.52 Å². The molecular formula is C19H23N3O4S. The van der Waals surface area contributed by atoms with Crippen LogP contribution in [0.2, 0.25) is 0 Å². The van der Waals surface area contributed by atoms with Gasteiger partial charge >= 0.3 is 6.03 Å². The Morgan fingerprint density at radius 2 is 1.81 bits per heavy atom. The average Bonchev–Trinajstić information content (AvgIpc) is 3.30. The van der Waals surface area contributed by atoms with Crippen molar-refractivity contribution in [3.8, 4) is 0 Å². The van der Waals surface area contributed by atoms with E-state index in [1.54, 1.807) is 0 Å². The molecule has 0 fully saturated rings. The summed E-state index contributed by atoms with van der Waals surface area (Å²) in [6.07, 6.45) is 7.58. The van der Waals surface area contributed by atoms with Gasteiger partial charge in [-0.2, -0.15) is 0 Å². The van der Waals surface area contributed by atoms with Crippen LogP contribution in [-0.4, -0.2) is 22.7 Å². The molecule has 8 heteroatoms. The number of urea groups is 1. The average molecular weight is 389 g/mol. The van der Waals surface area contributed by atoms with E-state index < -0.39 is 16.8 Å². The van der Waals surface area contributed by atoms with Crippen LogP contribution in [0.1, 0.15) is 35.1 Å². The number of rotatable bonds is 4. The smallest absolute Gasteiger partial charge is 0.329 e. The van der Waals surface area contributed by atoms with Gasteiger partial charge in [-0.15, -0.1) is 0 Å². The molecule has 0 radical (unpaired) electrons. The molecule has 0 spiro atoms. The fraction of sp³-hybridized carbons (Fsp3) is 0.368. The Hall–Kier alpha value is -2.29. The number of hydrogen-bond acceptors (Lipinski definition) is 4. The van der Waals surface area contributed by atoms with E-state index in [0.717, 1.165) is 44.2 Å². The number of aryl methyl sites for hydroxylation is 2. The van der Waals surface area contributed by atoms with Crippen molar-refractivity contribution in [1.29, 1.82) is 0 Å². The lowest BCUT2D eigenvalue weighted by atomic mass is 9.99. The molecule has 0 aliphatic heterocycles. The molecule has 0 bridgehead atoms. The van der Waals surface area contributed by atoms with E-state index in [9.17, 15) is 14.1 Å². The highest BCUT2D eigenvalue weighted by Crippen LogP contribution is 2.48. The molecule has 1 aromatic carbocycles. The first kappa shape index (κ1) is 18.1. The van der Waals surface area contributed by atoms with Crippen LogP contribution in [0.25, 0.3) is 0 Å². The molecule has 2 amide bonds. The molecule has 7 nitrogen and oxygen atoms in total. The second-order valence-electron chi connectivity index (χ2n) is 6.87. The number of carbonyl (C=O) groups excluding carboxylic acids is 1. The molecule has 0 saturated heterocycles. The van der Waals surface area contributed by atoms with Gasteiger partial charge in [0.2, 0.25) is 5.56 Å². The van der Waals surface area contributed by atoms with Crippen LogP contribution < -0.4 is 15.6 Å². The van der Waals surface area contributed by atoms with E-state index in [-0.39, 0.29) is 10.5 Å². The van der Waals surface area contributed by atoms with E-state index in [1.807, 2.05) is 0 Å². The number of aromatic amines is 1. The maximum absolute atomic E-state index is 12.7. The van der Waals surface area contributed by atoms with Crippen molar-refractivity contribution in [1.82, 2.24) is 9.71 Å². The standard InChI is InChI=1S/C19H23N3O4S/c1-26-27(25,14-8-9-20-17(23)11-14)22-19(24)21-18-15-6-2-4-12(15)10-13-5-3-7-16(13)18/h8-11,25H,2-7H2,1H3,(H,20,23)(H2,21,22,24). The minimum Gasteiger partial charge on any atom is -0.329 e. The Kier molecular flexibility index (Phi) is 4.71. The first-order chi connectivity index (χ1) is 13.0. The second-order valence-corrected chi connectivity index (χ2v) is 8.93. The van der Waals surface area contributed by atoms with Gasteiger partial charge in [0, 0.05) is 18.0 Å². The summed E-state index contributed by atoms with van der Waals surface area (Å²) in [7, 11) is -1.81. The SMILES string of the molecule is COS(O)(NC(=O)Nc1c2c(cc3c1CCC3)CCC2)c1cc[nH]c(=O)c1. The molecule has 1 atom stereocenters. The van der Waals surface area contributed by atoms with Gasteiger partial charge in [-0.05, 0) is 66.8 Å². The quantitative estimate of drug-likeness (QED) is 0.644. The first-order valence-corrected chi connectivity index (χ1v) is 10.6. The summed E-state index contributed by atoms with van der Waals surface area (Å²) >= 11 is 0. The molecule has 1 heterocycles. The minimum absolute atomic E-state index is 0.229. The van der Waals surface area contributed by atoms with Crippen LogP contribution in [0, 0.1) is 0 Å². The van der Waals surface area contributed by atoms with Gasteiger partial charge in [-0.1, -0.05) is 16.8 Å². The molecule has 144 valence electrons. The number of carbonyl (C=O) groups is 1. The largest absolute Gasteiger partial charge is 0.337 e. The maximum atomic E-state index is 12.7. The van der Waals surface area contributed by atoms with Crippen LogP contribution in [0.5, 0.6) is 0 Å². The zero-order valence-corrected chi connectivity index (χ0v) is 15.9. The molecule has 0 saturated carbocycles. The molecular weight excluding hydrogens is 366 g/mol. The van der Waals surface area contributed by atoms with E-state index in [0.29, 0.717) is 0 Å². The highest BCUT2D eigenvalue weighted by Gasteiger charge is 2.27. The van der Waals surface area contributed by atoms with Gasteiger partial charge in [0.05, 0.1) is 12.0 Å². The number of anilines is 1. The van der Waals surface area contributed by atoms with Crippen molar-refractivity contribution < 1.29 is 13.5 Å². The number of benzene rings is 1. The monoisotopic (exact) mass is 389 g/mol. The number of aromatic nitrogens is 1. The van der Waals surface area contributed by atoms with Gasteiger partial charge in [0.25, 0.3) is 0 Å². The van der Waals surface area contributed by atoms with Crippen molar-refractivity contribution in [2.45, 2.75) is 43.4 Å². The highest BCUT2D eigenvalue weighted by molar-refractivity contribution is 8.23. The molecule has 1 unspecified atom stereocenters. The number of H-pyrrole nitrogens is 1. The molecule has 4 N–H and O–H groups in total. The second kappa shape index (κ2) is 7.03. The predicted octanol–water partition coefficient (Wildman–Crippen LogP) is 3.29. The maximum Gasteiger partial charge on any atom is 0.337 e. The molecule has 4 rings (SSSR count). The lowest BCUT2D eigenvalue weighted by Gasteiger charge is -2.36. The van der Waals surface area contributed by atoms with Crippen LogP contribution in [-0.2, 0) is 29.9 Å². The predicted molar refractivity (Wildman–Crippen MR) is 105 cm³/mol. The topological polar surface area (TPSA) is 103 Å². The number of amides is 2. The summed E-state index contributed by atoms with van der Waals surface area (Å²) in [5, 5.41) is 2.96. The Balaban J connectivity index is 1.61. The van der Waals surface area contributed by atoms with Gasteiger partial charge in [0.1, 0.15) is 0 Å². The Labute approximate surface area is 159 Å². The van der Waals surface area contributed by atoms with Crippen molar-refractivity contribution in [2.24, 2.45) is 0 Å². The number of fused-ring (bicyclic) bond motifs is 2. The third-order valence-electron chi connectivity index (χ3n) is 5.25. The van der Waals surface area contributed by atoms with Crippen LogP contribution in [0.3, 0.4) is 0 Å². The lowest BCUT2D eigenvalue weighted by molar-refractivity contribution is 0.254. The Morgan fingerprint density at radius 1 is 1.15 bits per heavy atom. The van der Waals surface area contributed by atoms with E-state index in [1.165, 1.54) is 47.7 Å². The van der Waals surface area contributed by atoms with Gasteiger partial charge < -0.3 is 10.3 Å². The number of pyridine rings is 1. The summed E-state index contributed by atoms with van der Waals surface area (Å²) in [5.74, 6) is 0. The Bertz CT molecular complexity index is 926. The van der Waals surface area contributed by atoms with Gasteiger partial charge in [0.15, 0.2) is 0 Å². The van der Waals surface area contributed by atoms with Crippen molar-refractivity contribution in [3.63, 3.8) is 0 Å². The molecule has 2 aliphatic carbocycles. The summed E-state index contributed by atoms with van der Waals surface area (Å²) < 4.78 is 18.5. The van der Waals surface area contributed by atoms with Gasteiger partial charge in [-0.3, -0.25) is 13.5 Å². The van der Waals surface area contributed by atoms with Crippen LogP contribution in [0.15, 0.2) is 34.1 Å². The highest BCUT2D eigenvalue weighted by atomic mass is 32.3. The van der Waals surface area contributed by atoms with Crippen molar-refractivity contribution in [2.75, 3.05) is 12.4 Å². The summed E-state index contributed by atoms with van der Waals surface area (Å²) in [6.45, 7) is 0. The molecule has 1 aromatic heterocycles. The van der Waals surface area contributed by atoms with Crippen molar-refractivity contribution >= 4 is 22.5 Å². The summed E-state index contributed by atoms with van der Waals surface area (Å²) in [5.41, 5.74) is 5.55. The van der Waals surface area contributed by atoms with Crippen LogP contribution in [0.4, 0.5) is 10.5 Å². The summed E-state index contributed by atoms with van der Waals surface area (Å²) in [4.78, 5) is 27.0. The molecule has 27 heavy (non-hydrogen) atoms. The summed E-state index contributed by atoms with van der Waals surface area (Å²) in [6, 6.07) is 4.49. The third-order valence-corrected chi connectivity index (χ3v) is 7.09. The van der Waals surface area contributed by atoms with Crippen molar-refractivity contribution in [3.05, 3.63) is 57.0 Å². The van der Waals surface area contributed by atoms with Crippen LogP contribution >= 0.6 is 10.8 Å². The fourth-order valence-electron chi connectivity index (χ4n) is 4.03. The first-order valence-electron chi connectivity index (χ1n) is 9.05. The Morgan fingerprint density at radius 3 is 2.41 bits per heavy atom. The zero-order chi connectivity index (χ0) is 19.0. The van der Waals surface area contributed by atoms with E-state index >= 15 is 0 Å². The zero-order valence-electron chi connectivity index (χ0n) is 15.1. The lowest BCUT2D eigenvalue weighted by Crippen LogP contribution is -2.33. The minimum atomic E-state index is -3.11. The fourth-order valence-corrected chi connectivity index (χ4v) is 5.24. The third kappa shape index (κ3) is 3.36. The number of nitrogens with one attached hydrogen (secondary N) is 3. The molecule has 2 aromatic rings. The van der Waals surface area contributed by atoms with E-state index in [2.05, 4.69) is 21.1 Å². The van der Waals surface area contributed by atoms with E-state index in [4.69, 9.17) is 4.18 Å².